The first-order chi connectivity index (χ1) is 19.3. The van der Waals surface area contributed by atoms with Crippen LogP contribution in [0.15, 0.2) is 60.7 Å². The van der Waals surface area contributed by atoms with Crippen LogP contribution in [0.4, 0.5) is 11.4 Å². The lowest BCUT2D eigenvalue weighted by Gasteiger charge is -2.21. The Labute approximate surface area is 249 Å². The summed E-state index contributed by atoms with van der Waals surface area (Å²) in [4.78, 5) is 4.39. The summed E-state index contributed by atoms with van der Waals surface area (Å²) in [6, 6.07) is 22.0. The minimum absolute atomic E-state index is 0.929. The summed E-state index contributed by atoms with van der Waals surface area (Å²) < 4.78 is 4.71. The lowest BCUT2D eigenvalue weighted by molar-refractivity contribution is -0.700. The molecule has 0 unspecified atom stereocenters. The molecule has 218 valence electrons. The zero-order chi connectivity index (χ0) is 30.4. The number of aromatic nitrogens is 2. The van der Waals surface area contributed by atoms with Crippen LogP contribution in [0.5, 0.6) is 0 Å². The minimum Gasteiger partial charge on any atom is -0.377 e. The van der Waals surface area contributed by atoms with Gasteiger partial charge in [-0.2, -0.15) is 4.57 Å². The maximum Gasteiger partial charge on any atom is 0.181 e. The maximum absolute atomic E-state index is 2.43. The van der Waals surface area contributed by atoms with Crippen molar-refractivity contribution in [3.05, 3.63) is 117 Å². The fourth-order valence-corrected chi connectivity index (χ4v) is 5.49. The Kier molecular flexibility index (Phi) is 10.7. The molecular weight excluding hydrogens is 500 g/mol. The molecule has 4 rings (SSSR count). The van der Waals surface area contributed by atoms with Gasteiger partial charge < -0.3 is 9.80 Å². The molecular formula is C37H52N4+2. The molecule has 41 heavy (non-hydrogen) atoms. The Morgan fingerprint density at radius 3 is 1.83 bits per heavy atom. The highest BCUT2D eigenvalue weighted by Gasteiger charge is 2.20. The van der Waals surface area contributed by atoms with E-state index in [4.69, 9.17) is 0 Å². The zero-order valence-corrected chi connectivity index (χ0v) is 27.7. The molecule has 0 aliphatic rings. The molecule has 4 heteroatoms. The Bertz CT molecular complexity index is 1490. The monoisotopic (exact) mass is 552 g/mol. The number of aryl methyl sites for hydroxylation is 3. The maximum atomic E-state index is 2.43. The molecule has 4 aromatic rings. The van der Waals surface area contributed by atoms with Crippen LogP contribution in [0.2, 0.25) is 0 Å². The number of rotatable bonds is 7. The number of benzene rings is 2. The van der Waals surface area contributed by atoms with Crippen LogP contribution in [-0.4, -0.2) is 27.7 Å². The Balaban J connectivity index is 0.000000278. The number of hydrogen-bond donors (Lipinski definition) is 0. The van der Waals surface area contributed by atoms with Gasteiger partial charge in [0, 0.05) is 95.6 Å². The van der Waals surface area contributed by atoms with Crippen LogP contribution in [0, 0.1) is 48.5 Å². The van der Waals surface area contributed by atoms with Gasteiger partial charge in [-0.05, 0) is 69.0 Å². The Morgan fingerprint density at radius 2 is 1.27 bits per heavy atom. The third-order valence-corrected chi connectivity index (χ3v) is 8.82. The summed E-state index contributed by atoms with van der Waals surface area (Å²) in [6.45, 7) is 19.7. The van der Waals surface area contributed by atoms with Crippen LogP contribution in [0.1, 0.15) is 63.1 Å². The molecule has 0 aliphatic heterocycles. The van der Waals surface area contributed by atoms with Crippen LogP contribution in [-0.2, 0) is 20.0 Å². The second-order valence-electron chi connectivity index (χ2n) is 11.7. The predicted octanol–water partition coefficient (Wildman–Crippen LogP) is 6.81. The lowest BCUT2D eigenvalue weighted by Crippen LogP contribution is -2.42. The van der Waals surface area contributed by atoms with Gasteiger partial charge in [0.2, 0.25) is 0 Å². The normalized spacial score (nSPS) is 10.7. The SMILES string of the molecule is CCN(C)c1ccc(N(C)C)c(C)c1.Cc1c(Cc2cc(C)[n+](Cc3ccccc3)c(C)c2C)cc(C)[n+](C)c1C. The number of pyridine rings is 2. The van der Waals surface area contributed by atoms with Crippen LogP contribution >= 0.6 is 0 Å². The van der Waals surface area contributed by atoms with E-state index in [0.29, 0.717) is 0 Å². The van der Waals surface area contributed by atoms with Crippen molar-refractivity contribution >= 4 is 11.4 Å². The highest BCUT2D eigenvalue weighted by molar-refractivity contribution is 5.60. The van der Waals surface area contributed by atoms with Crippen molar-refractivity contribution in [2.24, 2.45) is 7.05 Å². The second kappa shape index (κ2) is 13.8. The number of anilines is 2. The molecule has 0 aliphatic carbocycles. The van der Waals surface area contributed by atoms with Gasteiger partial charge in [-0.15, -0.1) is 0 Å². The molecule has 0 spiro atoms. The van der Waals surface area contributed by atoms with Gasteiger partial charge in [0.05, 0.1) is 0 Å². The first kappa shape index (κ1) is 31.9. The van der Waals surface area contributed by atoms with Crippen molar-refractivity contribution in [1.29, 1.82) is 0 Å². The summed E-state index contributed by atoms with van der Waals surface area (Å²) in [7, 11) is 8.41. The molecule has 2 aromatic heterocycles. The number of nitrogens with zero attached hydrogens (tertiary/aromatic N) is 4. The number of hydrogen-bond acceptors (Lipinski definition) is 2. The van der Waals surface area contributed by atoms with Crippen molar-refractivity contribution in [2.45, 2.75) is 68.4 Å². The van der Waals surface area contributed by atoms with E-state index in [2.05, 4.69) is 163 Å². The molecule has 0 fully saturated rings. The lowest BCUT2D eigenvalue weighted by atomic mass is 9.95. The van der Waals surface area contributed by atoms with E-state index in [1.54, 1.807) is 0 Å². The van der Waals surface area contributed by atoms with Gasteiger partial charge in [0.25, 0.3) is 0 Å². The summed E-state index contributed by atoms with van der Waals surface area (Å²) in [5.74, 6) is 0. The zero-order valence-electron chi connectivity index (χ0n) is 27.7. The molecule has 0 N–H and O–H groups in total. The Morgan fingerprint density at radius 1 is 0.683 bits per heavy atom. The molecule has 0 saturated carbocycles. The smallest absolute Gasteiger partial charge is 0.181 e. The summed E-state index contributed by atoms with van der Waals surface area (Å²) in [5.41, 5.74) is 16.3. The third-order valence-electron chi connectivity index (χ3n) is 8.82. The van der Waals surface area contributed by atoms with Crippen LogP contribution < -0.4 is 18.9 Å². The Hall–Kier alpha value is -3.66. The minimum atomic E-state index is 0.929. The van der Waals surface area contributed by atoms with Gasteiger partial charge in [0.15, 0.2) is 29.3 Å². The summed E-state index contributed by atoms with van der Waals surface area (Å²) in [6.07, 6.45) is 0.994. The van der Waals surface area contributed by atoms with E-state index < -0.39 is 0 Å². The van der Waals surface area contributed by atoms with E-state index in [0.717, 1.165) is 19.5 Å². The first-order valence-corrected chi connectivity index (χ1v) is 14.8. The molecule has 0 amide bonds. The topological polar surface area (TPSA) is 14.2 Å². The van der Waals surface area contributed by atoms with Crippen LogP contribution in [0.3, 0.4) is 0 Å². The van der Waals surface area contributed by atoms with Gasteiger partial charge in [-0.1, -0.05) is 30.3 Å². The van der Waals surface area contributed by atoms with Gasteiger partial charge >= 0.3 is 0 Å². The van der Waals surface area contributed by atoms with E-state index in [-0.39, 0.29) is 0 Å². The van der Waals surface area contributed by atoms with E-state index in [1.807, 2.05) is 0 Å². The fourth-order valence-electron chi connectivity index (χ4n) is 5.49. The molecule has 0 atom stereocenters. The van der Waals surface area contributed by atoms with Crippen molar-refractivity contribution in [3.63, 3.8) is 0 Å². The van der Waals surface area contributed by atoms with Crippen molar-refractivity contribution < 1.29 is 9.13 Å². The van der Waals surface area contributed by atoms with E-state index in [9.17, 15) is 0 Å². The molecule has 4 nitrogen and oxygen atoms in total. The highest BCUT2D eigenvalue weighted by Crippen LogP contribution is 2.24. The van der Waals surface area contributed by atoms with Crippen molar-refractivity contribution in [3.8, 4) is 0 Å². The van der Waals surface area contributed by atoms with E-state index in [1.165, 1.54) is 67.5 Å². The molecule has 0 saturated heterocycles. The average Bonchev–Trinajstić information content (AvgIpc) is 2.95. The molecule has 2 aromatic carbocycles. The average molecular weight is 553 g/mol. The largest absolute Gasteiger partial charge is 0.377 e. The standard InChI is InChI=1S/C25H32N2.C12H20N2/c1-17-13-24(19(3)21(5)26(17)7)15-25-14-18(2)27(22(6)20(25)4)16-23-11-9-8-10-12-23;1-6-14(5)11-7-8-12(13(3)4)10(2)9-11/h8-14H,15-16H2,1-7H3;7-9H,6H2,1-5H3/q+2;. The van der Waals surface area contributed by atoms with Crippen molar-refractivity contribution in [2.75, 3.05) is 37.5 Å². The first-order valence-electron chi connectivity index (χ1n) is 14.8. The summed E-state index contributed by atoms with van der Waals surface area (Å²) in [5, 5.41) is 0. The molecule has 2 heterocycles. The highest BCUT2D eigenvalue weighted by atomic mass is 15.1. The predicted molar refractivity (Wildman–Crippen MR) is 175 cm³/mol. The molecule has 0 radical (unpaired) electrons. The van der Waals surface area contributed by atoms with Gasteiger partial charge in [-0.3, -0.25) is 0 Å². The van der Waals surface area contributed by atoms with Gasteiger partial charge in [-0.25, -0.2) is 4.57 Å². The van der Waals surface area contributed by atoms with Crippen LogP contribution in [0.25, 0.3) is 0 Å². The van der Waals surface area contributed by atoms with Gasteiger partial charge in [0.1, 0.15) is 7.05 Å². The van der Waals surface area contributed by atoms with E-state index >= 15 is 0 Å². The second-order valence-corrected chi connectivity index (χ2v) is 11.7. The fraction of sp³-hybridized carbons (Fsp3) is 0.405. The molecule has 0 bridgehead atoms. The quantitative estimate of drug-likeness (QED) is 0.234. The van der Waals surface area contributed by atoms with Crippen molar-refractivity contribution in [1.82, 2.24) is 0 Å². The third kappa shape index (κ3) is 7.55. The summed E-state index contributed by atoms with van der Waals surface area (Å²) >= 11 is 0.